The molecule has 1 saturated heterocycles. The molecule has 1 atom stereocenters. The summed E-state index contributed by atoms with van der Waals surface area (Å²) in [6, 6.07) is 5.76. The number of benzene rings is 1. The molecule has 1 aliphatic heterocycles. The van der Waals surface area contributed by atoms with E-state index in [1.165, 1.54) is 0 Å². The van der Waals surface area contributed by atoms with Gasteiger partial charge in [0.05, 0.1) is 24.4 Å². The van der Waals surface area contributed by atoms with Crippen molar-refractivity contribution in [2.75, 3.05) is 30.3 Å². The third-order valence-corrected chi connectivity index (χ3v) is 3.34. The maximum absolute atomic E-state index is 9.42. The number of hydrogen-bond acceptors (Lipinski definition) is 5. The summed E-state index contributed by atoms with van der Waals surface area (Å²) in [6.07, 6.45) is -0.0874. The van der Waals surface area contributed by atoms with E-state index in [1.807, 2.05) is 45.9 Å². The van der Waals surface area contributed by atoms with E-state index >= 15 is 0 Å². The quantitative estimate of drug-likeness (QED) is 0.832. The average Bonchev–Trinajstić information content (AvgIpc) is 2.35. The molecule has 1 aromatic carbocycles. The Morgan fingerprint density at radius 3 is 2.76 bits per heavy atom. The summed E-state index contributed by atoms with van der Waals surface area (Å²) in [5.41, 5.74) is 7.35. The first-order valence-corrected chi connectivity index (χ1v) is 7.40. The molecule has 0 saturated carbocycles. The standard InChI is InChI=1S/C16H26N2O3/c1-11(2)20-14-6-12(17)5-13(7-14)18-8-15(9-19)21-16(3,4)10-18/h5-7,11,15,19H,8-10,17H2,1-4H3. The van der Waals surface area contributed by atoms with Gasteiger partial charge >= 0.3 is 0 Å². The van der Waals surface area contributed by atoms with Gasteiger partial charge in [-0.3, -0.25) is 0 Å². The van der Waals surface area contributed by atoms with Crippen LogP contribution in [-0.2, 0) is 4.74 Å². The molecule has 1 fully saturated rings. The van der Waals surface area contributed by atoms with Gasteiger partial charge in [-0.05, 0) is 33.8 Å². The Labute approximate surface area is 126 Å². The van der Waals surface area contributed by atoms with E-state index < -0.39 is 0 Å². The minimum Gasteiger partial charge on any atom is -0.491 e. The van der Waals surface area contributed by atoms with Crippen molar-refractivity contribution >= 4 is 11.4 Å². The molecule has 21 heavy (non-hydrogen) atoms. The number of nitrogens with two attached hydrogens (primary N) is 1. The van der Waals surface area contributed by atoms with Crippen LogP contribution in [0.3, 0.4) is 0 Å². The number of nitrogen functional groups attached to an aromatic ring is 1. The van der Waals surface area contributed by atoms with E-state index in [0.717, 1.165) is 18.0 Å². The highest BCUT2D eigenvalue weighted by Gasteiger charge is 2.33. The predicted molar refractivity (Wildman–Crippen MR) is 84.9 cm³/mol. The fraction of sp³-hybridized carbons (Fsp3) is 0.625. The van der Waals surface area contributed by atoms with Gasteiger partial charge in [-0.2, -0.15) is 0 Å². The fourth-order valence-corrected chi connectivity index (χ4v) is 2.72. The molecule has 0 aromatic heterocycles. The van der Waals surface area contributed by atoms with Crippen LogP contribution in [0.1, 0.15) is 27.7 Å². The summed E-state index contributed by atoms with van der Waals surface area (Å²) in [4.78, 5) is 2.19. The Morgan fingerprint density at radius 1 is 1.43 bits per heavy atom. The van der Waals surface area contributed by atoms with Gasteiger partial charge in [-0.15, -0.1) is 0 Å². The molecule has 5 nitrogen and oxygen atoms in total. The lowest BCUT2D eigenvalue weighted by molar-refractivity contribution is -0.101. The van der Waals surface area contributed by atoms with Crippen molar-refractivity contribution in [2.24, 2.45) is 0 Å². The van der Waals surface area contributed by atoms with Crippen LogP contribution in [0, 0.1) is 0 Å². The van der Waals surface area contributed by atoms with Crippen molar-refractivity contribution in [3.63, 3.8) is 0 Å². The lowest BCUT2D eigenvalue weighted by Gasteiger charge is -2.43. The SMILES string of the molecule is CC(C)Oc1cc(N)cc(N2CC(CO)OC(C)(C)C2)c1. The molecule has 0 spiro atoms. The van der Waals surface area contributed by atoms with E-state index in [4.69, 9.17) is 15.2 Å². The summed E-state index contributed by atoms with van der Waals surface area (Å²) >= 11 is 0. The molecule has 0 radical (unpaired) electrons. The van der Waals surface area contributed by atoms with E-state index in [2.05, 4.69) is 4.90 Å². The first-order valence-electron chi connectivity index (χ1n) is 7.40. The monoisotopic (exact) mass is 294 g/mol. The van der Waals surface area contributed by atoms with E-state index in [9.17, 15) is 5.11 Å². The molecular weight excluding hydrogens is 268 g/mol. The number of ether oxygens (including phenoxy) is 2. The summed E-state index contributed by atoms with van der Waals surface area (Å²) in [7, 11) is 0. The largest absolute Gasteiger partial charge is 0.491 e. The summed E-state index contributed by atoms with van der Waals surface area (Å²) in [5, 5.41) is 9.42. The lowest BCUT2D eigenvalue weighted by Crippen LogP contribution is -2.54. The zero-order chi connectivity index (χ0) is 15.6. The molecule has 0 aliphatic carbocycles. The topological polar surface area (TPSA) is 68.0 Å². The highest BCUT2D eigenvalue weighted by molar-refractivity contribution is 5.61. The molecule has 0 bridgehead atoms. The molecule has 2 rings (SSSR count). The maximum Gasteiger partial charge on any atom is 0.123 e. The number of aliphatic hydroxyl groups is 1. The third kappa shape index (κ3) is 4.25. The highest BCUT2D eigenvalue weighted by atomic mass is 16.5. The van der Waals surface area contributed by atoms with Crippen LogP contribution in [0.2, 0.25) is 0 Å². The molecule has 1 unspecified atom stereocenters. The van der Waals surface area contributed by atoms with Crippen molar-refractivity contribution in [1.82, 2.24) is 0 Å². The molecule has 0 amide bonds. The second-order valence-electron chi connectivity index (χ2n) is 6.49. The number of rotatable bonds is 4. The van der Waals surface area contributed by atoms with Gasteiger partial charge in [0.15, 0.2) is 0 Å². The molecular formula is C16H26N2O3. The minimum atomic E-state index is -0.310. The first-order chi connectivity index (χ1) is 9.79. The average molecular weight is 294 g/mol. The van der Waals surface area contributed by atoms with Crippen LogP contribution in [0.25, 0.3) is 0 Å². The van der Waals surface area contributed by atoms with Crippen molar-refractivity contribution in [2.45, 2.75) is 45.5 Å². The van der Waals surface area contributed by atoms with Gasteiger partial charge in [-0.25, -0.2) is 0 Å². The molecule has 1 heterocycles. The number of nitrogens with zero attached hydrogens (tertiary/aromatic N) is 1. The third-order valence-electron chi connectivity index (χ3n) is 3.34. The Hall–Kier alpha value is -1.46. The van der Waals surface area contributed by atoms with Crippen molar-refractivity contribution in [3.8, 4) is 5.75 Å². The Balaban J connectivity index is 2.25. The fourth-order valence-electron chi connectivity index (χ4n) is 2.72. The maximum atomic E-state index is 9.42. The normalized spacial score (nSPS) is 21.6. The van der Waals surface area contributed by atoms with Gasteiger partial charge < -0.3 is 25.2 Å². The second-order valence-corrected chi connectivity index (χ2v) is 6.49. The van der Waals surface area contributed by atoms with Crippen molar-refractivity contribution in [1.29, 1.82) is 0 Å². The number of morpholine rings is 1. The van der Waals surface area contributed by atoms with E-state index in [1.54, 1.807) is 0 Å². The summed E-state index contributed by atoms with van der Waals surface area (Å²) in [6.45, 7) is 9.43. The number of anilines is 2. The molecule has 118 valence electrons. The van der Waals surface area contributed by atoms with Crippen LogP contribution in [0.4, 0.5) is 11.4 Å². The molecule has 3 N–H and O–H groups in total. The van der Waals surface area contributed by atoms with Crippen LogP contribution in [0.15, 0.2) is 18.2 Å². The van der Waals surface area contributed by atoms with Gasteiger partial charge in [-0.1, -0.05) is 0 Å². The van der Waals surface area contributed by atoms with Gasteiger partial charge in [0.25, 0.3) is 0 Å². The van der Waals surface area contributed by atoms with Crippen molar-refractivity contribution in [3.05, 3.63) is 18.2 Å². The van der Waals surface area contributed by atoms with Crippen LogP contribution < -0.4 is 15.4 Å². The lowest BCUT2D eigenvalue weighted by atomic mass is 10.0. The van der Waals surface area contributed by atoms with Crippen LogP contribution >= 0.6 is 0 Å². The summed E-state index contributed by atoms with van der Waals surface area (Å²) in [5.74, 6) is 0.768. The van der Waals surface area contributed by atoms with Crippen LogP contribution in [0.5, 0.6) is 5.75 Å². The van der Waals surface area contributed by atoms with E-state index in [-0.39, 0.29) is 24.4 Å². The zero-order valence-electron chi connectivity index (χ0n) is 13.3. The molecule has 1 aromatic rings. The van der Waals surface area contributed by atoms with Crippen LogP contribution in [-0.4, -0.2) is 42.6 Å². The number of hydrogen-bond donors (Lipinski definition) is 2. The van der Waals surface area contributed by atoms with E-state index in [0.29, 0.717) is 12.2 Å². The smallest absolute Gasteiger partial charge is 0.123 e. The van der Waals surface area contributed by atoms with Gasteiger partial charge in [0, 0.05) is 36.6 Å². The first kappa shape index (κ1) is 15.9. The molecule has 1 aliphatic rings. The highest BCUT2D eigenvalue weighted by Crippen LogP contribution is 2.31. The Bertz CT molecular complexity index is 488. The Morgan fingerprint density at radius 2 is 2.14 bits per heavy atom. The second kappa shape index (κ2) is 6.12. The zero-order valence-corrected chi connectivity index (χ0v) is 13.3. The van der Waals surface area contributed by atoms with Gasteiger partial charge in [0.2, 0.25) is 0 Å². The summed E-state index contributed by atoms with van der Waals surface area (Å²) < 4.78 is 11.6. The van der Waals surface area contributed by atoms with Crippen molar-refractivity contribution < 1.29 is 14.6 Å². The predicted octanol–water partition coefficient (Wildman–Crippen LogP) is 2.03. The minimum absolute atomic E-state index is 0.0115. The Kier molecular flexibility index (Phi) is 4.64. The molecule has 5 heteroatoms. The number of aliphatic hydroxyl groups excluding tert-OH is 1. The van der Waals surface area contributed by atoms with Gasteiger partial charge in [0.1, 0.15) is 5.75 Å².